The molecule has 0 bridgehead atoms. The summed E-state index contributed by atoms with van der Waals surface area (Å²) in [5.74, 6) is 0.598. The Morgan fingerprint density at radius 2 is 2.12 bits per heavy atom. The summed E-state index contributed by atoms with van der Waals surface area (Å²) in [5, 5.41) is 0. The van der Waals surface area contributed by atoms with Crippen molar-refractivity contribution in [2.24, 2.45) is 7.05 Å². The number of nitrogens with zero attached hydrogens (tertiary/aromatic N) is 2. The Labute approximate surface area is 93.3 Å². The van der Waals surface area contributed by atoms with Gasteiger partial charge in [-0.1, -0.05) is 12.1 Å². The zero-order valence-electron chi connectivity index (χ0n) is 8.84. The summed E-state index contributed by atoms with van der Waals surface area (Å²) in [7, 11) is 1.95. The van der Waals surface area contributed by atoms with Crippen LogP contribution < -0.4 is 0 Å². The average molecular weight is 210 g/mol. The highest BCUT2D eigenvalue weighted by molar-refractivity contribution is 5.79. The van der Waals surface area contributed by atoms with Crippen molar-refractivity contribution in [1.82, 2.24) is 9.55 Å². The fourth-order valence-electron chi connectivity index (χ4n) is 1.76. The summed E-state index contributed by atoms with van der Waals surface area (Å²) in [6, 6.07) is 9.48. The number of hydrogen-bond donors (Lipinski definition) is 0. The molecule has 16 heavy (non-hydrogen) atoms. The first-order valence-electron chi connectivity index (χ1n) is 5.02. The van der Waals surface area contributed by atoms with Gasteiger partial charge in [0.1, 0.15) is 11.2 Å². The molecule has 0 unspecified atom stereocenters. The lowest BCUT2D eigenvalue weighted by Gasteiger charge is -1.96. The molecule has 0 saturated heterocycles. The SMILES string of the molecule is [CH]c1cccc2nc(-c3cccn3C)oc12. The lowest BCUT2D eigenvalue weighted by molar-refractivity contribution is 0.611. The van der Waals surface area contributed by atoms with Crippen LogP contribution in [0.2, 0.25) is 0 Å². The number of oxazole rings is 1. The second-order valence-electron chi connectivity index (χ2n) is 3.72. The maximum atomic E-state index is 5.82. The Balaban J connectivity index is 2.27. The Hall–Kier alpha value is -2.03. The molecule has 1 aromatic carbocycles. The van der Waals surface area contributed by atoms with Crippen molar-refractivity contribution >= 4 is 11.1 Å². The van der Waals surface area contributed by atoms with Gasteiger partial charge in [0, 0.05) is 25.7 Å². The summed E-state index contributed by atoms with van der Waals surface area (Å²) in [6.45, 7) is 5.82. The standard InChI is InChI=1S/C13H10N2O/c1-9-5-3-6-10-12(9)16-13(14-10)11-7-4-8-15(11)2/h1,3-8H,2H3. The molecule has 0 aliphatic carbocycles. The Kier molecular flexibility index (Phi) is 1.86. The zero-order chi connectivity index (χ0) is 11.1. The number of para-hydroxylation sites is 1. The molecular formula is C13H10N2O. The van der Waals surface area contributed by atoms with Crippen LogP contribution in [0.15, 0.2) is 40.9 Å². The molecule has 0 spiro atoms. The van der Waals surface area contributed by atoms with E-state index in [1.165, 1.54) is 0 Å². The van der Waals surface area contributed by atoms with Crippen LogP contribution in [0.25, 0.3) is 22.7 Å². The van der Waals surface area contributed by atoms with E-state index in [2.05, 4.69) is 4.98 Å². The van der Waals surface area contributed by atoms with Gasteiger partial charge in [-0.15, -0.1) is 0 Å². The Morgan fingerprint density at radius 3 is 2.81 bits per heavy atom. The molecular weight excluding hydrogens is 200 g/mol. The molecule has 2 radical (unpaired) electrons. The van der Waals surface area contributed by atoms with Crippen LogP contribution in [-0.4, -0.2) is 9.55 Å². The third-order valence-electron chi connectivity index (χ3n) is 2.61. The minimum absolute atomic E-state index is 0.598. The van der Waals surface area contributed by atoms with E-state index in [1.807, 2.05) is 48.1 Å². The van der Waals surface area contributed by atoms with Crippen molar-refractivity contribution in [2.45, 2.75) is 0 Å². The fraction of sp³-hybridized carbons (Fsp3) is 0.0769. The van der Waals surface area contributed by atoms with Crippen LogP contribution in [-0.2, 0) is 7.05 Å². The van der Waals surface area contributed by atoms with Gasteiger partial charge in [0.25, 0.3) is 0 Å². The summed E-state index contributed by atoms with van der Waals surface area (Å²) in [5.41, 5.74) is 3.00. The van der Waals surface area contributed by atoms with Gasteiger partial charge in [0.05, 0.1) is 0 Å². The smallest absolute Gasteiger partial charge is 0.244 e. The second kappa shape index (κ2) is 3.23. The molecule has 3 aromatic rings. The molecule has 78 valence electrons. The van der Waals surface area contributed by atoms with E-state index in [0.717, 1.165) is 11.2 Å². The molecule has 2 aromatic heterocycles. The van der Waals surface area contributed by atoms with E-state index in [4.69, 9.17) is 11.3 Å². The van der Waals surface area contributed by atoms with E-state index in [-0.39, 0.29) is 0 Å². The van der Waals surface area contributed by atoms with E-state index in [0.29, 0.717) is 17.0 Å². The van der Waals surface area contributed by atoms with E-state index in [1.54, 1.807) is 0 Å². The normalized spacial score (nSPS) is 11.1. The lowest BCUT2D eigenvalue weighted by atomic mass is 10.2. The highest BCUT2D eigenvalue weighted by Gasteiger charge is 2.11. The number of rotatable bonds is 1. The Bertz CT molecular complexity index is 649. The maximum absolute atomic E-state index is 5.82. The molecule has 3 nitrogen and oxygen atoms in total. The molecule has 0 fully saturated rings. The fourth-order valence-corrected chi connectivity index (χ4v) is 1.76. The van der Waals surface area contributed by atoms with Crippen LogP contribution in [0.1, 0.15) is 5.56 Å². The van der Waals surface area contributed by atoms with Gasteiger partial charge in [0.15, 0.2) is 5.58 Å². The molecule has 0 aliphatic rings. The first-order chi connectivity index (χ1) is 7.75. The summed E-state index contributed by atoms with van der Waals surface area (Å²) >= 11 is 0. The van der Waals surface area contributed by atoms with Gasteiger partial charge in [-0.3, -0.25) is 0 Å². The lowest BCUT2D eigenvalue weighted by Crippen LogP contribution is -1.88. The molecule has 0 atom stereocenters. The van der Waals surface area contributed by atoms with Crippen LogP contribution in [0.4, 0.5) is 0 Å². The molecule has 0 N–H and O–H groups in total. The highest BCUT2D eigenvalue weighted by atomic mass is 16.3. The third kappa shape index (κ3) is 1.25. The summed E-state index contributed by atoms with van der Waals surface area (Å²) in [6.07, 6.45) is 1.95. The first kappa shape index (κ1) is 9.21. The molecule has 3 heteroatoms. The number of fused-ring (bicyclic) bond motifs is 1. The zero-order valence-corrected chi connectivity index (χ0v) is 8.84. The van der Waals surface area contributed by atoms with Crippen LogP contribution in [0.3, 0.4) is 0 Å². The second-order valence-corrected chi connectivity index (χ2v) is 3.72. The molecule has 0 amide bonds. The number of hydrogen-bond acceptors (Lipinski definition) is 2. The molecule has 0 saturated carbocycles. The van der Waals surface area contributed by atoms with Crippen LogP contribution in [0, 0.1) is 6.92 Å². The minimum atomic E-state index is 0.598. The monoisotopic (exact) mass is 210 g/mol. The van der Waals surface area contributed by atoms with E-state index < -0.39 is 0 Å². The number of benzene rings is 1. The van der Waals surface area contributed by atoms with Gasteiger partial charge in [-0.2, -0.15) is 0 Å². The van der Waals surface area contributed by atoms with Crippen LogP contribution in [0.5, 0.6) is 0 Å². The van der Waals surface area contributed by atoms with E-state index in [9.17, 15) is 0 Å². The Morgan fingerprint density at radius 1 is 1.25 bits per heavy atom. The largest absolute Gasteiger partial charge is 0.434 e. The predicted molar refractivity (Wildman–Crippen MR) is 61.8 cm³/mol. The average Bonchev–Trinajstić information content (AvgIpc) is 2.84. The van der Waals surface area contributed by atoms with E-state index >= 15 is 0 Å². The molecule has 3 rings (SSSR count). The summed E-state index contributed by atoms with van der Waals surface area (Å²) < 4.78 is 7.63. The van der Waals surface area contributed by atoms with Crippen molar-refractivity contribution in [3.8, 4) is 11.6 Å². The quantitative estimate of drug-likeness (QED) is 0.618. The maximum Gasteiger partial charge on any atom is 0.244 e. The number of aromatic nitrogens is 2. The van der Waals surface area contributed by atoms with Crippen LogP contribution >= 0.6 is 0 Å². The van der Waals surface area contributed by atoms with Crippen molar-refractivity contribution in [2.75, 3.05) is 0 Å². The molecule has 0 aliphatic heterocycles. The highest BCUT2D eigenvalue weighted by Crippen LogP contribution is 2.25. The van der Waals surface area contributed by atoms with Gasteiger partial charge in [-0.05, 0) is 18.2 Å². The minimum Gasteiger partial charge on any atom is -0.434 e. The van der Waals surface area contributed by atoms with Gasteiger partial charge in [-0.25, -0.2) is 4.98 Å². The summed E-state index contributed by atoms with van der Waals surface area (Å²) in [4.78, 5) is 4.41. The van der Waals surface area contributed by atoms with Crippen molar-refractivity contribution in [3.63, 3.8) is 0 Å². The predicted octanol–water partition coefficient (Wildman–Crippen LogP) is 2.89. The van der Waals surface area contributed by atoms with Crippen molar-refractivity contribution in [1.29, 1.82) is 0 Å². The molecule has 2 heterocycles. The van der Waals surface area contributed by atoms with Gasteiger partial charge in [0.2, 0.25) is 5.89 Å². The number of aryl methyl sites for hydroxylation is 1. The topological polar surface area (TPSA) is 31.0 Å². The van der Waals surface area contributed by atoms with Crippen molar-refractivity contribution in [3.05, 3.63) is 49.0 Å². The first-order valence-corrected chi connectivity index (χ1v) is 5.02. The third-order valence-corrected chi connectivity index (χ3v) is 2.61. The van der Waals surface area contributed by atoms with Gasteiger partial charge < -0.3 is 8.98 Å². The van der Waals surface area contributed by atoms with Gasteiger partial charge >= 0.3 is 0 Å². The van der Waals surface area contributed by atoms with Crippen molar-refractivity contribution < 1.29 is 4.42 Å².